The highest BCUT2D eigenvalue weighted by atomic mass is 31.2. The molecule has 2 aromatic carbocycles. The van der Waals surface area contributed by atoms with E-state index in [2.05, 4.69) is 5.32 Å². The first-order valence-corrected chi connectivity index (χ1v) is 25.0. The van der Waals surface area contributed by atoms with E-state index in [9.17, 15) is 47.7 Å². The van der Waals surface area contributed by atoms with E-state index >= 15 is 0 Å². The summed E-state index contributed by atoms with van der Waals surface area (Å²) < 4.78 is 62.0. The summed E-state index contributed by atoms with van der Waals surface area (Å²) in [6, 6.07) is 13.0. The zero-order valence-electron chi connectivity index (χ0n) is 43.6. The van der Waals surface area contributed by atoms with Crippen LogP contribution in [-0.2, 0) is 87.2 Å². The number of nitrogens with one attached hydrogen (secondary N) is 1. The van der Waals surface area contributed by atoms with Gasteiger partial charge in [0, 0.05) is 37.0 Å². The van der Waals surface area contributed by atoms with Crippen molar-refractivity contribution in [1.29, 1.82) is 0 Å². The largest absolute Gasteiger partial charge is 0.444 e. The van der Waals surface area contributed by atoms with E-state index in [1.165, 1.54) is 36.2 Å². The lowest BCUT2D eigenvalue weighted by atomic mass is 9.97. The SMILES string of the molecule is CN(C(=O)OCc1ccccc1)c1ccc(C(=O)N[C@@H](CCP(=O)(CC(CCC(=O)OCOC(=O)C(C)(C)C)C(=O)OCOC(=O)C(C)(C)C)OCOC(=O)C(C)(C)C)C(=O)OCOC(=O)C(C)(C)C)cc1. The maximum atomic E-state index is 15.0. The Bertz CT molecular complexity index is 2240. The molecule has 1 N–H and O–H groups in total. The van der Waals surface area contributed by atoms with Crippen LogP contribution in [0.5, 0.6) is 0 Å². The van der Waals surface area contributed by atoms with Gasteiger partial charge in [-0.1, -0.05) is 30.3 Å². The van der Waals surface area contributed by atoms with Gasteiger partial charge in [-0.05, 0) is 126 Å². The molecule has 0 aromatic heterocycles. The fourth-order valence-electron chi connectivity index (χ4n) is 5.46. The predicted molar refractivity (Wildman–Crippen MR) is 258 cm³/mol. The topological polar surface area (TPSA) is 269 Å². The molecule has 21 nitrogen and oxygen atoms in total. The van der Waals surface area contributed by atoms with E-state index in [0.29, 0.717) is 5.69 Å². The number of carbonyl (C=O) groups is 9. The molecule has 0 aliphatic heterocycles. The molecule has 2 amide bonds. The summed E-state index contributed by atoms with van der Waals surface area (Å²) in [5, 5.41) is 2.52. The van der Waals surface area contributed by atoms with Crippen LogP contribution in [0.1, 0.15) is 118 Å². The Morgan fingerprint density at radius 2 is 1.01 bits per heavy atom. The van der Waals surface area contributed by atoms with Gasteiger partial charge >= 0.3 is 47.9 Å². The molecule has 0 saturated heterocycles. The van der Waals surface area contributed by atoms with Crippen LogP contribution in [0, 0.1) is 27.6 Å². The molecule has 400 valence electrons. The number of esters is 7. The van der Waals surface area contributed by atoms with Crippen LogP contribution in [0.4, 0.5) is 10.5 Å². The van der Waals surface area contributed by atoms with Crippen molar-refractivity contribution in [2.75, 3.05) is 51.4 Å². The van der Waals surface area contributed by atoms with Gasteiger partial charge in [0.2, 0.25) is 27.7 Å². The summed E-state index contributed by atoms with van der Waals surface area (Å²) in [5.74, 6) is -8.31. The van der Waals surface area contributed by atoms with E-state index in [1.807, 2.05) is 6.07 Å². The lowest BCUT2D eigenvalue weighted by Gasteiger charge is -2.26. The number of anilines is 1. The van der Waals surface area contributed by atoms with Gasteiger partial charge in [-0.3, -0.25) is 47.6 Å². The highest BCUT2D eigenvalue weighted by Gasteiger charge is 2.37. The quantitative estimate of drug-likeness (QED) is 0.0462. The molecule has 72 heavy (non-hydrogen) atoms. The zero-order valence-corrected chi connectivity index (χ0v) is 44.5. The highest BCUT2D eigenvalue weighted by molar-refractivity contribution is 7.59. The second kappa shape index (κ2) is 27.5. The third-order valence-electron chi connectivity index (χ3n) is 9.99. The average Bonchev–Trinajstić information content (AvgIpc) is 3.29. The fraction of sp³-hybridized carbons (Fsp3) is 0.580. The van der Waals surface area contributed by atoms with Crippen LogP contribution in [0.2, 0.25) is 0 Å². The molecule has 2 aromatic rings. The standard InChI is InChI=1S/C50H71N2O19P/c1-47(2,3)42(57)67-29-64-38(53)24-21-35(40(55)65-30-68-43(58)48(4,5)6)28-72(62,71-32-70-45(60)50(10,11)12)26-25-37(41(56)66-31-69-44(59)49(7,8)9)51-39(54)34-19-22-36(23-20-34)52(13)46(61)63-27-33-17-15-14-16-18-33/h14-20,22-23,35,37H,21,24-32H2,1-13H3,(H,51,54)/t35?,37-,72?/m0/s1. The van der Waals surface area contributed by atoms with E-state index in [4.69, 9.17) is 42.4 Å². The van der Waals surface area contributed by atoms with Crippen molar-refractivity contribution in [2.24, 2.45) is 27.6 Å². The fourth-order valence-corrected chi connectivity index (χ4v) is 7.77. The van der Waals surface area contributed by atoms with E-state index in [0.717, 1.165) is 5.56 Å². The lowest BCUT2D eigenvalue weighted by molar-refractivity contribution is -0.176. The van der Waals surface area contributed by atoms with Gasteiger partial charge in [-0.15, -0.1) is 0 Å². The Morgan fingerprint density at radius 3 is 1.50 bits per heavy atom. The van der Waals surface area contributed by atoms with Crippen molar-refractivity contribution < 1.29 is 90.1 Å². The number of benzene rings is 2. The minimum absolute atomic E-state index is 0.00492. The van der Waals surface area contributed by atoms with Crippen LogP contribution < -0.4 is 10.2 Å². The first-order chi connectivity index (χ1) is 33.2. The van der Waals surface area contributed by atoms with Crippen LogP contribution in [0.3, 0.4) is 0 Å². The summed E-state index contributed by atoms with van der Waals surface area (Å²) in [6.45, 7) is 15.5. The number of nitrogens with zero attached hydrogens (tertiary/aromatic N) is 1. The highest BCUT2D eigenvalue weighted by Crippen LogP contribution is 2.50. The first kappa shape index (κ1) is 61.8. The number of ether oxygens (including phenoxy) is 8. The molecule has 22 heteroatoms. The average molecular weight is 1040 g/mol. The van der Waals surface area contributed by atoms with E-state index in [-0.39, 0.29) is 12.2 Å². The van der Waals surface area contributed by atoms with Crippen molar-refractivity contribution in [1.82, 2.24) is 5.32 Å². The van der Waals surface area contributed by atoms with Crippen LogP contribution >= 0.6 is 7.37 Å². The molecule has 0 fully saturated rings. The molecule has 2 unspecified atom stereocenters. The summed E-state index contributed by atoms with van der Waals surface area (Å²) in [5.41, 5.74) is -2.74. The minimum Gasteiger partial charge on any atom is -0.444 e. The van der Waals surface area contributed by atoms with Crippen molar-refractivity contribution >= 4 is 66.8 Å². The van der Waals surface area contributed by atoms with Crippen molar-refractivity contribution in [3.8, 4) is 0 Å². The molecule has 0 aliphatic carbocycles. The van der Waals surface area contributed by atoms with Crippen LogP contribution in [0.15, 0.2) is 54.6 Å². The summed E-state index contributed by atoms with van der Waals surface area (Å²) >= 11 is 0. The summed E-state index contributed by atoms with van der Waals surface area (Å²) in [7, 11) is -2.89. The van der Waals surface area contributed by atoms with Crippen molar-refractivity contribution in [2.45, 2.75) is 115 Å². The third-order valence-corrected chi connectivity index (χ3v) is 12.5. The molecule has 0 saturated carbocycles. The molecular formula is C50H71N2O19P. The molecule has 2 rings (SSSR count). The lowest BCUT2D eigenvalue weighted by Crippen LogP contribution is -2.43. The van der Waals surface area contributed by atoms with Gasteiger partial charge in [0.15, 0.2) is 6.79 Å². The number of hydrogen-bond donors (Lipinski definition) is 1. The Kier molecular flexibility index (Phi) is 23.6. The van der Waals surface area contributed by atoms with Gasteiger partial charge in [0.25, 0.3) is 5.91 Å². The molecule has 3 atom stereocenters. The predicted octanol–water partition coefficient (Wildman–Crippen LogP) is 7.46. The third kappa shape index (κ3) is 22.4. The molecule has 0 radical (unpaired) electrons. The summed E-state index contributed by atoms with van der Waals surface area (Å²) in [4.78, 5) is 118. The second-order valence-corrected chi connectivity index (χ2v) is 23.4. The number of hydrogen-bond acceptors (Lipinski definition) is 19. The Hall–Kier alpha value is -6.34. The monoisotopic (exact) mass is 1030 g/mol. The van der Waals surface area contributed by atoms with Gasteiger partial charge in [0.1, 0.15) is 12.6 Å². The van der Waals surface area contributed by atoms with Crippen molar-refractivity contribution in [3.05, 3.63) is 65.7 Å². The van der Waals surface area contributed by atoms with E-state index in [1.54, 1.807) is 107 Å². The Morgan fingerprint density at radius 1 is 0.556 bits per heavy atom. The number of amides is 2. The van der Waals surface area contributed by atoms with Gasteiger partial charge in [-0.25, -0.2) is 9.59 Å². The molecule has 0 aliphatic rings. The van der Waals surface area contributed by atoms with Crippen LogP contribution in [-0.4, -0.2) is 106 Å². The summed E-state index contributed by atoms with van der Waals surface area (Å²) in [6.07, 6.45) is -3.47. The maximum absolute atomic E-state index is 15.0. The Balaban J connectivity index is 2.47. The van der Waals surface area contributed by atoms with E-state index < -0.39 is 154 Å². The van der Waals surface area contributed by atoms with Crippen molar-refractivity contribution in [3.63, 3.8) is 0 Å². The second-order valence-electron chi connectivity index (χ2n) is 20.7. The molecule has 0 bridgehead atoms. The minimum atomic E-state index is -4.35. The molecule has 0 heterocycles. The zero-order chi connectivity index (χ0) is 54.7. The van der Waals surface area contributed by atoms with Crippen LogP contribution in [0.25, 0.3) is 0 Å². The van der Waals surface area contributed by atoms with Gasteiger partial charge < -0.3 is 43.2 Å². The van der Waals surface area contributed by atoms with Gasteiger partial charge in [0.05, 0.1) is 27.6 Å². The maximum Gasteiger partial charge on any atom is 0.414 e. The Labute approximate surface area is 421 Å². The first-order valence-electron chi connectivity index (χ1n) is 23.0. The molecular weight excluding hydrogens is 964 g/mol. The normalized spacial score (nSPS) is 13.4. The molecule has 0 spiro atoms. The number of carbonyl (C=O) groups excluding carboxylic acids is 9. The van der Waals surface area contributed by atoms with Gasteiger partial charge in [-0.2, -0.15) is 0 Å². The smallest absolute Gasteiger partial charge is 0.414 e. The number of rotatable bonds is 24.